The van der Waals surface area contributed by atoms with Crippen LogP contribution < -0.4 is 5.32 Å². The number of aromatic nitrogens is 1. The second-order valence-electron chi connectivity index (χ2n) is 3.63. The molecule has 7 heteroatoms. The van der Waals surface area contributed by atoms with Gasteiger partial charge >= 0.3 is 0 Å². The molecule has 1 heterocycles. The molecule has 0 radical (unpaired) electrons. The van der Waals surface area contributed by atoms with Crippen LogP contribution in [-0.2, 0) is 6.54 Å². The van der Waals surface area contributed by atoms with Crippen LogP contribution in [0.1, 0.15) is 10.7 Å². The first-order valence-electron chi connectivity index (χ1n) is 5.15. The molecule has 18 heavy (non-hydrogen) atoms. The van der Waals surface area contributed by atoms with Gasteiger partial charge in [-0.2, -0.15) is 0 Å². The van der Waals surface area contributed by atoms with E-state index in [1.54, 1.807) is 17.4 Å². The number of nitrogens with zero attached hydrogens (tertiary/aromatic N) is 2. The Balaban J connectivity index is 2.10. The van der Waals surface area contributed by atoms with Gasteiger partial charge < -0.3 is 5.32 Å². The number of nitro benzene ring substituents is 1. The van der Waals surface area contributed by atoms with Crippen LogP contribution in [0, 0.1) is 17.0 Å². The molecule has 1 aromatic heterocycles. The Hall–Kier alpha value is -1.66. The summed E-state index contributed by atoms with van der Waals surface area (Å²) in [6.07, 6.45) is 0. The molecule has 2 rings (SSSR count). The third kappa shape index (κ3) is 2.96. The third-order valence-corrected chi connectivity index (χ3v) is 3.42. The zero-order valence-corrected chi connectivity index (χ0v) is 11.1. The summed E-state index contributed by atoms with van der Waals surface area (Å²) in [6, 6.07) is 4.63. The maximum atomic E-state index is 10.7. The van der Waals surface area contributed by atoms with Crippen molar-refractivity contribution >= 4 is 34.3 Å². The summed E-state index contributed by atoms with van der Waals surface area (Å²) in [4.78, 5) is 14.5. The van der Waals surface area contributed by atoms with Gasteiger partial charge in [0, 0.05) is 17.1 Å². The SMILES string of the molecule is Cc1nc(CNc2ccc(Cl)c([N+](=O)[O-])c2)cs1. The van der Waals surface area contributed by atoms with E-state index in [9.17, 15) is 10.1 Å². The number of rotatable bonds is 4. The lowest BCUT2D eigenvalue weighted by molar-refractivity contribution is -0.384. The monoisotopic (exact) mass is 283 g/mol. The van der Waals surface area contributed by atoms with Crippen LogP contribution in [0.5, 0.6) is 0 Å². The van der Waals surface area contributed by atoms with E-state index < -0.39 is 4.92 Å². The van der Waals surface area contributed by atoms with Crippen LogP contribution in [-0.4, -0.2) is 9.91 Å². The van der Waals surface area contributed by atoms with Gasteiger partial charge in [0.1, 0.15) is 5.02 Å². The topological polar surface area (TPSA) is 68.1 Å². The lowest BCUT2D eigenvalue weighted by Gasteiger charge is -2.04. The molecule has 0 amide bonds. The molecule has 5 nitrogen and oxygen atoms in total. The highest BCUT2D eigenvalue weighted by Crippen LogP contribution is 2.27. The number of hydrogen-bond donors (Lipinski definition) is 1. The highest BCUT2D eigenvalue weighted by atomic mass is 35.5. The predicted octanol–water partition coefficient (Wildman–Crippen LogP) is 3.63. The molecule has 0 aliphatic carbocycles. The number of halogens is 1. The van der Waals surface area contributed by atoms with Crippen LogP contribution in [0.2, 0.25) is 5.02 Å². The fourth-order valence-electron chi connectivity index (χ4n) is 1.44. The summed E-state index contributed by atoms with van der Waals surface area (Å²) in [6.45, 7) is 2.46. The number of thiazole rings is 1. The number of nitro groups is 1. The Labute approximate surface area is 113 Å². The summed E-state index contributed by atoms with van der Waals surface area (Å²) in [5.41, 5.74) is 1.46. The standard InChI is InChI=1S/C11H10ClN3O2S/c1-7-14-9(6-18-7)5-13-8-2-3-10(12)11(4-8)15(16)17/h2-4,6,13H,5H2,1H3. The first-order chi connectivity index (χ1) is 8.56. The highest BCUT2D eigenvalue weighted by Gasteiger charge is 2.12. The summed E-state index contributed by atoms with van der Waals surface area (Å²) in [7, 11) is 0. The van der Waals surface area contributed by atoms with E-state index in [2.05, 4.69) is 10.3 Å². The lowest BCUT2D eigenvalue weighted by atomic mass is 10.2. The third-order valence-electron chi connectivity index (χ3n) is 2.28. The average Bonchev–Trinajstić information content (AvgIpc) is 2.74. The van der Waals surface area contributed by atoms with E-state index in [1.807, 2.05) is 12.3 Å². The minimum atomic E-state index is -0.500. The maximum absolute atomic E-state index is 10.7. The normalized spacial score (nSPS) is 10.3. The molecule has 0 fully saturated rings. The Morgan fingerprint density at radius 3 is 2.94 bits per heavy atom. The van der Waals surface area contributed by atoms with Gasteiger partial charge in [-0.05, 0) is 19.1 Å². The van der Waals surface area contributed by atoms with Crippen molar-refractivity contribution in [1.29, 1.82) is 0 Å². The van der Waals surface area contributed by atoms with E-state index in [1.165, 1.54) is 12.1 Å². The first-order valence-corrected chi connectivity index (χ1v) is 6.41. The quantitative estimate of drug-likeness (QED) is 0.687. The summed E-state index contributed by atoms with van der Waals surface area (Å²) >= 11 is 7.30. The predicted molar refractivity (Wildman–Crippen MR) is 72.3 cm³/mol. The Morgan fingerprint density at radius 2 is 2.33 bits per heavy atom. The maximum Gasteiger partial charge on any atom is 0.289 e. The first kappa shape index (κ1) is 12.8. The van der Waals surface area contributed by atoms with E-state index >= 15 is 0 Å². The van der Waals surface area contributed by atoms with Crippen molar-refractivity contribution in [3.8, 4) is 0 Å². The number of hydrogen-bond acceptors (Lipinski definition) is 5. The highest BCUT2D eigenvalue weighted by molar-refractivity contribution is 7.09. The van der Waals surface area contributed by atoms with Crippen LogP contribution in [0.4, 0.5) is 11.4 Å². The van der Waals surface area contributed by atoms with Crippen LogP contribution in [0.25, 0.3) is 0 Å². The molecule has 0 spiro atoms. The zero-order chi connectivity index (χ0) is 13.1. The minimum Gasteiger partial charge on any atom is -0.379 e. The molecule has 94 valence electrons. The molecular formula is C11H10ClN3O2S. The van der Waals surface area contributed by atoms with Gasteiger partial charge in [-0.3, -0.25) is 10.1 Å². The van der Waals surface area contributed by atoms with Gasteiger partial charge in [-0.15, -0.1) is 11.3 Å². The number of aryl methyl sites for hydroxylation is 1. The van der Waals surface area contributed by atoms with Crippen LogP contribution in [0.15, 0.2) is 23.6 Å². The largest absolute Gasteiger partial charge is 0.379 e. The van der Waals surface area contributed by atoms with Crippen LogP contribution >= 0.6 is 22.9 Å². The van der Waals surface area contributed by atoms with Gasteiger partial charge in [0.05, 0.1) is 22.2 Å². The molecule has 0 saturated heterocycles. The molecule has 0 bridgehead atoms. The van der Waals surface area contributed by atoms with Crippen molar-refractivity contribution in [2.75, 3.05) is 5.32 Å². The fourth-order valence-corrected chi connectivity index (χ4v) is 2.24. The van der Waals surface area contributed by atoms with E-state index in [0.29, 0.717) is 12.2 Å². The summed E-state index contributed by atoms with van der Waals surface area (Å²) < 4.78 is 0. The van der Waals surface area contributed by atoms with Crippen molar-refractivity contribution in [1.82, 2.24) is 4.98 Å². The molecule has 1 N–H and O–H groups in total. The molecule has 0 aliphatic rings. The van der Waals surface area contributed by atoms with Gasteiger partial charge in [0.15, 0.2) is 0 Å². The smallest absolute Gasteiger partial charge is 0.289 e. The minimum absolute atomic E-state index is 0.101. The zero-order valence-electron chi connectivity index (χ0n) is 9.51. The number of benzene rings is 1. The molecule has 0 atom stereocenters. The summed E-state index contributed by atoms with van der Waals surface area (Å²) in [5, 5.41) is 16.9. The number of anilines is 1. The van der Waals surface area contributed by atoms with E-state index in [-0.39, 0.29) is 10.7 Å². The van der Waals surface area contributed by atoms with Crippen molar-refractivity contribution in [3.63, 3.8) is 0 Å². The molecule has 0 saturated carbocycles. The van der Waals surface area contributed by atoms with Gasteiger partial charge in [0.2, 0.25) is 0 Å². The van der Waals surface area contributed by atoms with E-state index in [4.69, 9.17) is 11.6 Å². The average molecular weight is 284 g/mol. The van der Waals surface area contributed by atoms with Crippen molar-refractivity contribution < 1.29 is 4.92 Å². The van der Waals surface area contributed by atoms with E-state index in [0.717, 1.165) is 10.7 Å². The molecule has 0 aliphatic heterocycles. The van der Waals surface area contributed by atoms with Gasteiger partial charge in [0.25, 0.3) is 5.69 Å². The second kappa shape index (κ2) is 5.32. The van der Waals surface area contributed by atoms with Crippen molar-refractivity contribution in [2.24, 2.45) is 0 Å². The lowest BCUT2D eigenvalue weighted by Crippen LogP contribution is -2.00. The summed E-state index contributed by atoms with van der Waals surface area (Å²) in [5.74, 6) is 0. The molecular weight excluding hydrogens is 274 g/mol. The second-order valence-corrected chi connectivity index (χ2v) is 5.10. The van der Waals surface area contributed by atoms with Crippen molar-refractivity contribution in [2.45, 2.75) is 13.5 Å². The van der Waals surface area contributed by atoms with Crippen LogP contribution in [0.3, 0.4) is 0 Å². The van der Waals surface area contributed by atoms with Crippen molar-refractivity contribution in [3.05, 3.63) is 49.4 Å². The Morgan fingerprint density at radius 1 is 1.56 bits per heavy atom. The molecule has 1 aromatic carbocycles. The molecule has 0 unspecified atom stereocenters. The Kier molecular flexibility index (Phi) is 3.78. The van der Waals surface area contributed by atoms with Gasteiger partial charge in [-0.1, -0.05) is 11.6 Å². The van der Waals surface area contributed by atoms with Gasteiger partial charge in [-0.25, -0.2) is 4.98 Å². The number of nitrogens with one attached hydrogen (secondary N) is 1. The fraction of sp³-hybridized carbons (Fsp3) is 0.182. The Bertz CT molecular complexity index is 585. The molecule has 2 aromatic rings.